The molecule has 0 unspecified atom stereocenters. The fraction of sp³-hybridized carbons (Fsp3) is 0.300. The third-order valence-electron chi connectivity index (χ3n) is 4.72. The van der Waals surface area contributed by atoms with Crippen LogP contribution in [0.4, 0.5) is 0 Å². The fourth-order valence-corrected chi connectivity index (χ4v) is 3.39. The van der Waals surface area contributed by atoms with Crippen LogP contribution < -0.4 is 4.74 Å². The first-order chi connectivity index (χ1) is 13.3. The average Bonchev–Trinajstić information content (AvgIpc) is 3.28. The minimum atomic E-state index is -0.00313. The molecule has 1 atom stereocenters. The smallest absolute Gasteiger partial charge is 0.260 e. The number of imidazole rings is 1. The van der Waals surface area contributed by atoms with Crippen molar-refractivity contribution in [3.63, 3.8) is 0 Å². The number of nitrogens with zero attached hydrogens (tertiary/aromatic N) is 5. The topological polar surface area (TPSA) is 73.1 Å². The Morgan fingerprint density at radius 2 is 2.00 bits per heavy atom. The van der Waals surface area contributed by atoms with Gasteiger partial charge in [0.25, 0.3) is 5.91 Å². The van der Waals surface area contributed by atoms with E-state index in [2.05, 4.69) is 15.0 Å². The second kappa shape index (κ2) is 7.99. The molecule has 1 saturated heterocycles. The molecule has 1 aliphatic heterocycles. The van der Waals surface area contributed by atoms with Gasteiger partial charge in [-0.3, -0.25) is 14.3 Å². The molecule has 0 radical (unpaired) electrons. The number of rotatable bonds is 5. The molecule has 7 heteroatoms. The van der Waals surface area contributed by atoms with Crippen molar-refractivity contribution in [2.45, 2.75) is 18.8 Å². The molecule has 0 spiro atoms. The summed E-state index contributed by atoms with van der Waals surface area (Å²) in [4.78, 5) is 27.6. The SMILES string of the molecule is O=C(COc1ccccc1)N1CCC[C@H](c2nccnc2-n2ccnc2)C1. The Morgan fingerprint density at radius 1 is 1.15 bits per heavy atom. The van der Waals surface area contributed by atoms with Gasteiger partial charge in [-0.1, -0.05) is 18.2 Å². The van der Waals surface area contributed by atoms with Gasteiger partial charge in [-0.15, -0.1) is 0 Å². The summed E-state index contributed by atoms with van der Waals surface area (Å²) in [6, 6.07) is 9.40. The molecule has 0 aliphatic carbocycles. The molecule has 0 bridgehead atoms. The minimum Gasteiger partial charge on any atom is -0.484 e. The van der Waals surface area contributed by atoms with E-state index < -0.39 is 0 Å². The number of para-hydroxylation sites is 1. The second-order valence-electron chi connectivity index (χ2n) is 6.52. The first-order valence-electron chi connectivity index (χ1n) is 9.06. The Labute approximate surface area is 157 Å². The zero-order valence-electron chi connectivity index (χ0n) is 14.9. The molecular formula is C20H21N5O2. The van der Waals surface area contributed by atoms with Gasteiger partial charge in [-0.05, 0) is 25.0 Å². The van der Waals surface area contributed by atoms with Crippen molar-refractivity contribution in [1.29, 1.82) is 0 Å². The molecular weight excluding hydrogens is 342 g/mol. The van der Waals surface area contributed by atoms with Crippen LogP contribution in [-0.2, 0) is 4.79 Å². The predicted molar refractivity (Wildman–Crippen MR) is 99.6 cm³/mol. The lowest BCUT2D eigenvalue weighted by Crippen LogP contribution is -2.42. The van der Waals surface area contributed by atoms with Gasteiger partial charge in [0.05, 0.1) is 5.69 Å². The van der Waals surface area contributed by atoms with Gasteiger partial charge in [-0.25, -0.2) is 9.97 Å². The summed E-state index contributed by atoms with van der Waals surface area (Å²) in [7, 11) is 0. The van der Waals surface area contributed by atoms with Crippen LogP contribution in [0.5, 0.6) is 5.75 Å². The number of amides is 1. The van der Waals surface area contributed by atoms with Gasteiger partial charge in [0, 0.05) is 43.8 Å². The van der Waals surface area contributed by atoms with Crippen LogP contribution in [0.15, 0.2) is 61.4 Å². The van der Waals surface area contributed by atoms with Crippen LogP contribution in [-0.4, -0.2) is 50.0 Å². The highest BCUT2D eigenvalue weighted by molar-refractivity contribution is 5.78. The van der Waals surface area contributed by atoms with Crippen molar-refractivity contribution < 1.29 is 9.53 Å². The number of aromatic nitrogens is 4. The third kappa shape index (κ3) is 3.97. The summed E-state index contributed by atoms with van der Waals surface area (Å²) in [6.07, 6.45) is 10.6. The van der Waals surface area contributed by atoms with E-state index in [0.717, 1.165) is 30.9 Å². The molecule has 0 saturated carbocycles. The van der Waals surface area contributed by atoms with Gasteiger partial charge in [0.1, 0.15) is 12.1 Å². The highest BCUT2D eigenvalue weighted by Gasteiger charge is 2.28. The Morgan fingerprint density at radius 3 is 2.81 bits per heavy atom. The minimum absolute atomic E-state index is 0.00313. The van der Waals surface area contributed by atoms with Crippen molar-refractivity contribution in [1.82, 2.24) is 24.4 Å². The quantitative estimate of drug-likeness (QED) is 0.696. The van der Waals surface area contributed by atoms with Crippen LogP contribution in [0.25, 0.3) is 5.82 Å². The number of ether oxygens (including phenoxy) is 1. The summed E-state index contributed by atoms with van der Waals surface area (Å²) >= 11 is 0. The third-order valence-corrected chi connectivity index (χ3v) is 4.72. The second-order valence-corrected chi connectivity index (χ2v) is 6.52. The summed E-state index contributed by atoms with van der Waals surface area (Å²) in [5, 5.41) is 0. The van der Waals surface area contributed by atoms with Crippen molar-refractivity contribution >= 4 is 5.91 Å². The lowest BCUT2D eigenvalue weighted by molar-refractivity contribution is -0.134. The molecule has 2 aromatic heterocycles. The maximum Gasteiger partial charge on any atom is 0.260 e. The predicted octanol–water partition coefficient (Wildman–Crippen LogP) is 2.45. The van der Waals surface area contributed by atoms with Crippen molar-refractivity contribution in [3.05, 3.63) is 67.1 Å². The summed E-state index contributed by atoms with van der Waals surface area (Å²) < 4.78 is 7.48. The molecule has 27 heavy (non-hydrogen) atoms. The molecule has 3 aromatic rings. The van der Waals surface area contributed by atoms with E-state index in [1.165, 1.54) is 0 Å². The monoisotopic (exact) mass is 363 g/mol. The maximum atomic E-state index is 12.6. The van der Waals surface area contributed by atoms with Crippen LogP contribution in [0.1, 0.15) is 24.5 Å². The van der Waals surface area contributed by atoms with E-state index in [4.69, 9.17) is 4.74 Å². The fourth-order valence-electron chi connectivity index (χ4n) is 3.39. The lowest BCUT2D eigenvalue weighted by atomic mass is 9.94. The molecule has 1 amide bonds. The molecule has 4 rings (SSSR count). The van der Waals surface area contributed by atoms with E-state index in [9.17, 15) is 4.79 Å². The first kappa shape index (κ1) is 17.2. The van der Waals surface area contributed by atoms with Crippen LogP contribution >= 0.6 is 0 Å². The number of benzene rings is 1. The maximum absolute atomic E-state index is 12.6. The normalized spacial score (nSPS) is 16.9. The molecule has 1 aromatic carbocycles. The molecule has 0 N–H and O–H groups in total. The molecule has 1 aliphatic rings. The number of likely N-dealkylation sites (tertiary alicyclic amines) is 1. The Balaban J connectivity index is 1.45. The summed E-state index contributed by atoms with van der Waals surface area (Å²) in [6.45, 7) is 1.41. The Hall–Kier alpha value is -3.22. The lowest BCUT2D eigenvalue weighted by Gasteiger charge is -2.33. The standard InChI is InChI=1S/C20H21N5O2/c26-18(14-27-17-6-2-1-3-7-17)24-11-4-5-16(13-24)19-20(23-9-8-22-19)25-12-10-21-15-25/h1-3,6-10,12,15-16H,4-5,11,13-14H2/t16-/m0/s1. The zero-order valence-corrected chi connectivity index (χ0v) is 14.9. The number of hydrogen-bond donors (Lipinski definition) is 0. The summed E-state index contributed by atoms with van der Waals surface area (Å²) in [5.74, 6) is 1.62. The largest absolute Gasteiger partial charge is 0.484 e. The van der Waals surface area contributed by atoms with Crippen molar-refractivity contribution in [3.8, 4) is 11.6 Å². The Kier molecular flexibility index (Phi) is 5.09. The highest BCUT2D eigenvalue weighted by atomic mass is 16.5. The van der Waals surface area contributed by atoms with Gasteiger partial charge in [-0.2, -0.15) is 0 Å². The van der Waals surface area contributed by atoms with Crippen LogP contribution in [0, 0.1) is 0 Å². The number of carbonyl (C=O) groups is 1. The number of piperidine rings is 1. The van der Waals surface area contributed by atoms with Crippen molar-refractivity contribution in [2.24, 2.45) is 0 Å². The highest BCUT2D eigenvalue weighted by Crippen LogP contribution is 2.28. The summed E-state index contributed by atoms with van der Waals surface area (Å²) in [5.41, 5.74) is 0.900. The van der Waals surface area contributed by atoms with Gasteiger partial charge < -0.3 is 9.64 Å². The Bertz CT molecular complexity index is 882. The van der Waals surface area contributed by atoms with Gasteiger partial charge >= 0.3 is 0 Å². The van der Waals surface area contributed by atoms with E-state index >= 15 is 0 Å². The van der Waals surface area contributed by atoms with E-state index in [1.54, 1.807) is 24.9 Å². The molecule has 138 valence electrons. The van der Waals surface area contributed by atoms with E-state index in [0.29, 0.717) is 12.3 Å². The van der Waals surface area contributed by atoms with Crippen LogP contribution in [0.2, 0.25) is 0 Å². The number of carbonyl (C=O) groups excluding carboxylic acids is 1. The molecule has 7 nitrogen and oxygen atoms in total. The van der Waals surface area contributed by atoms with E-state index in [1.807, 2.05) is 46.0 Å². The van der Waals surface area contributed by atoms with Gasteiger partial charge in [0.2, 0.25) is 0 Å². The van der Waals surface area contributed by atoms with Crippen molar-refractivity contribution in [2.75, 3.05) is 19.7 Å². The first-order valence-corrected chi connectivity index (χ1v) is 9.06. The van der Waals surface area contributed by atoms with Gasteiger partial charge in [0.15, 0.2) is 12.4 Å². The number of hydrogen-bond acceptors (Lipinski definition) is 5. The average molecular weight is 363 g/mol. The zero-order chi connectivity index (χ0) is 18.5. The molecule has 3 heterocycles. The molecule has 1 fully saturated rings. The van der Waals surface area contributed by atoms with Crippen LogP contribution in [0.3, 0.4) is 0 Å². The van der Waals surface area contributed by atoms with E-state index in [-0.39, 0.29) is 18.4 Å².